The summed E-state index contributed by atoms with van der Waals surface area (Å²) in [6, 6.07) is 9.10. The van der Waals surface area contributed by atoms with Crippen molar-refractivity contribution in [2.45, 2.75) is 0 Å². The number of benzene rings is 1. The van der Waals surface area contributed by atoms with Crippen LogP contribution in [0.25, 0.3) is 0 Å². The zero-order valence-corrected chi connectivity index (χ0v) is 13.5. The van der Waals surface area contributed by atoms with Gasteiger partial charge in [0, 0.05) is 48.6 Å². The average Bonchev–Trinajstić information content (AvgIpc) is 3.09. The minimum absolute atomic E-state index is 0.0111. The highest BCUT2D eigenvalue weighted by atomic mass is 79.9. The number of hydrogen-bond acceptors (Lipinski definition) is 2. The molecule has 0 unspecified atom stereocenters. The number of hydrogen-bond donors (Lipinski definition) is 1. The van der Waals surface area contributed by atoms with Crippen LogP contribution in [0.15, 0.2) is 47.2 Å². The molecule has 0 radical (unpaired) electrons. The highest BCUT2D eigenvalue weighted by Gasteiger charge is 2.25. The molecule has 1 fully saturated rings. The Morgan fingerprint density at radius 3 is 1.91 bits per heavy atom. The summed E-state index contributed by atoms with van der Waals surface area (Å²) in [7, 11) is 0. The summed E-state index contributed by atoms with van der Waals surface area (Å²) in [4.78, 5) is 31.1. The van der Waals surface area contributed by atoms with Crippen molar-refractivity contribution in [3.05, 3.63) is 58.3 Å². The lowest BCUT2D eigenvalue weighted by molar-refractivity contribution is 0.0535. The Kier molecular flexibility index (Phi) is 4.29. The summed E-state index contributed by atoms with van der Waals surface area (Å²) in [6.45, 7) is 2.24. The number of piperazine rings is 1. The molecule has 0 spiro atoms. The summed E-state index contributed by atoms with van der Waals surface area (Å²) < 4.78 is 0.950. The Balaban J connectivity index is 1.60. The molecule has 3 rings (SSSR count). The van der Waals surface area contributed by atoms with Crippen molar-refractivity contribution in [3.63, 3.8) is 0 Å². The van der Waals surface area contributed by atoms with Crippen LogP contribution in [0.2, 0.25) is 0 Å². The molecule has 22 heavy (non-hydrogen) atoms. The van der Waals surface area contributed by atoms with Crippen molar-refractivity contribution >= 4 is 27.7 Å². The van der Waals surface area contributed by atoms with E-state index in [1.165, 1.54) is 0 Å². The second kappa shape index (κ2) is 6.36. The predicted octanol–water partition coefficient (Wildman–Crippen LogP) is 2.38. The number of nitrogens with zero attached hydrogens (tertiary/aromatic N) is 2. The molecule has 2 aromatic rings. The number of aromatic amines is 1. The molecule has 1 saturated heterocycles. The number of aromatic nitrogens is 1. The maximum atomic E-state index is 12.4. The minimum atomic E-state index is 0.0111. The first-order chi connectivity index (χ1) is 10.6. The van der Waals surface area contributed by atoms with E-state index in [4.69, 9.17) is 0 Å². The second-order valence-electron chi connectivity index (χ2n) is 5.19. The lowest BCUT2D eigenvalue weighted by Gasteiger charge is -2.34. The lowest BCUT2D eigenvalue weighted by atomic mass is 10.1. The van der Waals surface area contributed by atoms with Gasteiger partial charge in [0.15, 0.2) is 0 Å². The van der Waals surface area contributed by atoms with Crippen molar-refractivity contribution in [2.75, 3.05) is 26.2 Å². The number of halogens is 1. The van der Waals surface area contributed by atoms with E-state index >= 15 is 0 Å². The first-order valence-electron chi connectivity index (χ1n) is 7.12. The lowest BCUT2D eigenvalue weighted by Crippen LogP contribution is -2.50. The summed E-state index contributed by atoms with van der Waals surface area (Å²) >= 11 is 3.36. The monoisotopic (exact) mass is 361 g/mol. The molecular weight excluding hydrogens is 346 g/mol. The molecule has 0 saturated carbocycles. The van der Waals surface area contributed by atoms with E-state index in [0.29, 0.717) is 37.3 Å². The molecule has 6 heteroatoms. The summed E-state index contributed by atoms with van der Waals surface area (Å²) in [5.74, 6) is 0.0261. The molecule has 2 amide bonds. The first kappa shape index (κ1) is 14.8. The summed E-state index contributed by atoms with van der Waals surface area (Å²) in [5, 5.41) is 0. The van der Waals surface area contributed by atoms with Gasteiger partial charge in [0.05, 0.1) is 5.56 Å². The van der Waals surface area contributed by atoms with Crippen LogP contribution in [-0.2, 0) is 0 Å². The SMILES string of the molecule is O=C(c1ccc(Br)cc1)N1CCN(C(=O)c2cc[nH]c2)CC1. The van der Waals surface area contributed by atoms with Crippen molar-refractivity contribution in [1.82, 2.24) is 14.8 Å². The third kappa shape index (κ3) is 3.06. The topological polar surface area (TPSA) is 56.4 Å². The van der Waals surface area contributed by atoms with E-state index in [9.17, 15) is 9.59 Å². The molecule has 5 nitrogen and oxygen atoms in total. The molecule has 114 valence electrons. The van der Waals surface area contributed by atoms with Gasteiger partial charge in [-0.3, -0.25) is 9.59 Å². The van der Waals surface area contributed by atoms with E-state index in [0.717, 1.165) is 4.47 Å². The second-order valence-corrected chi connectivity index (χ2v) is 6.11. The van der Waals surface area contributed by atoms with Gasteiger partial charge >= 0.3 is 0 Å². The molecule has 0 bridgehead atoms. The van der Waals surface area contributed by atoms with Crippen LogP contribution >= 0.6 is 15.9 Å². The Labute approximate surface area is 137 Å². The molecule has 1 N–H and O–H groups in total. The Bertz CT molecular complexity index is 659. The van der Waals surface area contributed by atoms with Crippen molar-refractivity contribution in [2.24, 2.45) is 0 Å². The van der Waals surface area contributed by atoms with E-state index in [1.807, 2.05) is 24.3 Å². The zero-order valence-electron chi connectivity index (χ0n) is 12.0. The minimum Gasteiger partial charge on any atom is -0.367 e. The quantitative estimate of drug-likeness (QED) is 0.892. The number of rotatable bonds is 2. The zero-order chi connectivity index (χ0) is 15.5. The number of nitrogens with one attached hydrogen (secondary N) is 1. The van der Waals surface area contributed by atoms with Gasteiger partial charge in [-0.05, 0) is 30.3 Å². The Morgan fingerprint density at radius 2 is 1.41 bits per heavy atom. The normalized spacial score (nSPS) is 15.0. The molecule has 0 aliphatic carbocycles. The number of H-pyrrole nitrogens is 1. The molecule has 0 atom stereocenters. The molecule has 1 aliphatic heterocycles. The van der Waals surface area contributed by atoms with E-state index in [2.05, 4.69) is 20.9 Å². The van der Waals surface area contributed by atoms with Gasteiger partial charge in [0.25, 0.3) is 11.8 Å². The fourth-order valence-electron chi connectivity index (χ4n) is 2.53. The van der Waals surface area contributed by atoms with Gasteiger partial charge in [-0.25, -0.2) is 0 Å². The highest BCUT2D eigenvalue weighted by Crippen LogP contribution is 2.14. The summed E-state index contributed by atoms with van der Waals surface area (Å²) in [6.07, 6.45) is 3.43. The predicted molar refractivity (Wildman–Crippen MR) is 86.7 cm³/mol. The molecule has 2 heterocycles. The molecule has 1 aromatic carbocycles. The van der Waals surface area contributed by atoms with Gasteiger partial charge in [-0.1, -0.05) is 15.9 Å². The van der Waals surface area contributed by atoms with Crippen LogP contribution in [-0.4, -0.2) is 52.8 Å². The van der Waals surface area contributed by atoms with Crippen LogP contribution in [0.1, 0.15) is 20.7 Å². The third-order valence-corrected chi connectivity index (χ3v) is 4.32. The van der Waals surface area contributed by atoms with Crippen molar-refractivity contribution in [1.29, 1.82) is 0 Å². The number of carbonyl (C=O) groups is 2. The highest BCUT2D eigenvalue weighted by molar-refractivity contribution is 9.10. The van der Waals surface area contributed by atoms with E-state index < -0.39 is 0 Å². The van der Waals surface area contributed by atoms with Crippen LogP contribution in [0.4, 0.5) is 0 Å². The largest absolute Gasteiger partial charge is 0.367 e. The van der Waals surface area contributed by atoms with Gasteiger partial charge in [0.1, 0.15) is 0 Å². The van der Waals surface area contributed by atoms with Gasteiger partial charge < -0.3 is 14.8 Å². The fraction of sp³-hybridized carbons (Fsp3) is 0.250. The van der Waals surface area contributed by atoms with Crippen LogP contribution in [0.5, 0.6) is 0 Å². The Hall–Kier alpha value is -2.08. The number of amides is 2. The average molecular weight is 362 g/mol. The van der Waals surface area contributed by atoms with Crippen LogP contribution < -0.4 is 0 Å². The van der Waals surface area contributed by atoms with Crippen LogP contribution in [0, 0.1) is 0 Å². The van der Waals surface area contributed by atoms with Crippen molar-refractivity contribution < 1.29 is 9.59 Å². The van der Waals surface area contributed by atoms with Gasteiger partial charge in [-0.2, -0.15) is 0 Å². The molecule has 1 aromatic heterocycles. The first-order valence-corrected chi connectivity index (χ1v) is 7.91. The number of carbonyl (C=O) groups excluding carboxylic acids is 2. The standard InChI is InChI=1S/C16H16BrN3O2/c17-14-3-1-12(2-4-14)15(21)19-7-9-20(10-8-19)16(22)13-5-6-18-11-13/h1-6,11,18H,7-10H2. The molecular formula is C16H16BrN3O2. The maximum absolute atomic E-state index is 12.4. The Morgan fingerprint density at radius 1 is 0.864 bits per heavy atom. The van der Waals surface area contributed by atoms with Crippen LogP contribution in [0.3, 0.4) is 0 Å². The van der Waals surface area contributed by atoms with Crippen molar-refractivity contribution in [3.8, 4) is 0 Å². The summed E-state index contributed by atoms with van der Waals surface area (Å²) in [5.41, 5.74) is 1.33. The van der Waals surface area contributed by atoms with Gasteiger partial charge in [-0.15, -0.1) is 0 Å². The smallest absolute Gasteiger partial charge is 0.255 e. The maximum Gasteiger partial charge on any atom is 0.255 e. The van der Waals surface area contributed by atoms with E-state index in [1.54, 1.807) is 28.3 Å². The van der Waals surface area contributed by atoms with E-state index in [-0.39, 0.29) is 11.8 Å². The molecule has 1 aliphatic rings. The fourth-order valence-corrected chi connectivity index (χ4v) is 2.79. The third-order valence-electron chi connectivity index (χ3n) is 3.79. The van der Waals surface area contributed by atoms with Gasteiger partial charge in [0.2, 0.25) is 0 Å².